The van der Waals surface area contributed by atoms with E-state index in [0.717, 1.165) is 28.2 Å². The van der Waals surface area contributed by atoms with Gasteiger partial charge < -0.3 is 0 Å². The van der Waals surface area contributed by atoms with Crippen LogP contribution in [-0.2, 0) is 5.41 Å². The van der Waals surface area contributed by atoms with Gasteiger partial charge in [0, 0.05) is 22.7 Å². The summed E-state index contributed by atoms with van der Waals surface area (Å²) in [4.78, 5) is 5.11. The quantitative estimate of drug-likeness (QED) is 0.168. The monoisotopic (exact) mass is 688 g/mol. The van der Waals surface area contributed by atoms with Gasteiger partial charge in [-0.15, -0.1) is 0 Å². The highest BCUT2D eigenvalue weighted by Crippen LogP contribution is 2.53. The zero-order valence-corrected chi connectivity index (χ0v) is 30.2. The summed E-state index contributed by atoms with van der Waals surface area (Å²) in [7, 11) is 0. The lowest BCUT2D eigenvalue weighted by Gasteiger charge is -2.24. The third-order valence-corrected chi connectivity index (χ3v) is 11.8. The number of aromatic nitrogens is 2. The van der Waals surface area contributed by atoms with Crippen LogP contribution in [0.15, 0.2) is 182 Å². The fourth-order valence-corrected chi connectivity index (χ4v) is 9.20. The van der Waals surface area contributed by atoms with Crippen LogP contribution in [0.5, 0.6) is 0 Å². The molecule has 1 aliphatic carbocycles. The molecule has 0 aliphatic heterocycles. The Morgan fingerprint density at radius 3 is 1.87 bits per heavy atom. The molecule has 54 heavy (non-hydrogen) atoms. The molecule has 0 spiro atoms. The van der Waals surface area contributed by atoms with Crippen molar-refractivity contribution in [2.24, 2.45) is 0 Å². The first-order valence-corrected chi connectivity index (χ1v) is 18.8. The van der Waals surface area contributed by atoms with E-state index in [1.54, 1.807) is 0 Å². The maximum absolute atomic E-state index is 5.11. The predicted octanol–water partition coefficient (Wildman–Crippen LogP) is 13.8. The van der Waals surface area contributed by atoms with E-state index in [0.29, 0.717) is 0 Å². The van der Waals surface area contributed by atoms with Crippen LogP contribution in [-0.4, -0.2) is 9.38 Å². The second-order valence-electron chi connectivity index (χ2n) is 15.2. The molecule has 0 saturated heterocycles. The van der Waals surface area contributed by atoms with Crippen molar-refractivity contribution in [3.05, 3.63) is 193 Å². The minimum atomic E-state index is -0.118. The molecule has 0 bridgehead atoms. The Labute approximate surface area is 314 Å². The number of rotatable bonds is 4. The van der Waals surface area contributed by atoms with Gasteiger partial charge in [0.1, 0.15) is 5.65 Å². The molecule has 8 aromatic carbocycles. The Hall–Kier alpha value is -6.77. The average Bonchev–Trinajstić information content (AvgIpc) is 3.72. The zero-order valence-electron chi connectivity index (χ0n) is 30.2. The van der Waals surface area contributed by atoms with Crippen molar-refractivity contribution in [1.29, 1.82) is 0 Å². The average molecular weight is 689 g/mol. The number of pyridine rings is 1. The highest BCUT2D eigenvalue weighted by molar-refractivity contribution is 6.23. The molecule has 0 atom stereocenters. The Balaban J connectivity index is 1.19. The molecule has 2 heteroatoms. The first-order valence-electron chi connectivity index (χ1n) is 18.8. The normalized spacial score (nSPS) is 13.1. The standard InChI is InChI=1S/C52H36N2/c1-52(2)45-21-11-10-18-39(45)42-31-43-44(32-46(42)52)48(40-19-8-9-20-41(40)49(43)38-28-23-33-14-6-7-17-37(33)30-38)34-24-26-36(27-25-34)51-50(35-15-4-3-5-16-35)53-47-22-12-13-29-54(47)51/h3-32H,1-2H3. The van der Waals surface area contributed by atoms with Crippen molar-refractivity contribution >= 4 is 38.0 Å². The van der Waals surface area contributed by atoms with Gasteiger partial charge in [0.05, 0.1) is 11.4 Å². The summed E-state index contributed by atoms with van der Waals surface area (Å²) in [6.07, 6.45) is 2.12. The number of benzene rings is 8. The smallest absolute Gasteiger partial charge is 0.137 e. The topological polar surface area (TPSA) is 17.3 Å². The van der Waals surface area contributed by atoms with Gasteiger partial charge in [0.25, 0.3) is 0 Å². The lowest BCUT2D eigenvalue weighted by molar-refractivity contribution is 0.661. The van der Waals surface area contributed by atoms with Crippen molar-refractivity contribution in [3.8, 4) is 55.9 Å². The van der Waals surface area contributed by atoms with Crippen LogP contribution in [0.2, 0.25) is 0 Å². The summed E-state index contributed by atoms with van der Waals surface area (Å²) < 4.78 is 2.21. The van der Waals surface area contributed by atoms with Crippen LogP contribution >= 0.6 is 0 Å². The largest absolute Gasteiger partial charge is 0.299 e. The molecule has 0 N–H and O–H groups in total. The van der Waals surface area contributed by atoms with Crippen LogP contribution in [0, 0.1) is 0 Å². The van der Waals surface area contributed by atoms with Crippen LogP contribution in [0.3, 0.4) is 0 Å². The lowest BCUT2D eigenvalue weighted by atomic mass is 9.79. The van der Waals surface area contributed by atoms with Crippen LogP contribution in [0.1, 0.15) is 25.0 Å². The molecular weight excluding hydrogens is 653 g/mol. The van der Waals surface area contributed by atoms with Crippen LogP contribution in [0.4, 0.5) is 0 Å². The lowest BCUT2D eigenvalue weighted by Crippen LogP contribution is -2.14. The molecule has 0 radical (unpaired) electrons. The van der Waals surface area contributed by atoms with Gasteiger partial charge in [0.2, 0.25) is 0 Å². The second-order valence-corrected chi connectivity index (χ2v) is 15.2. The van der Waals surface area contributed by atoms with Crippen molar-refractivity contribution in [3.63, 3.8) is 0 Å². The third kappa shape index (κ3) is 4.50. The van der Waals surface area contributed by atoms with Gasteiger partial charge in [-0.2, -0.15) is 0 Å². The van der Waals surface area contributed by atoms with Crippen LogP contribution < -0.4 is 0 Å². The summed E-state index contributed by atoms with van der Waals surface area (Å²) in [5.74, 6) is 0. The Kier molecular flexibility index (Phi) is 6.63. The molecule has 0 fully saturated rings. The first kappa shape index (κ1) is 30.8. The number of imidazole rings is 1. The Morgan fingerprint density at radius 1 is 0.426 bits per heavy atom. The van der Waals surface area contributed by atoms with Gasteiger partial charge in [0.15, 0.2) is 0 Å². The maximum Gasteiger partial charge on any atom is 0.137 e. The summed E-state index contributed by atoms with van der Waals surface area (Å²) in [6, 6.07) is 64.5. The summed E-state index contributed by atoms with van der Waals surface area (Å²) in [6.45, 7) is 4.76. The zero-order chi connectivity index (χ0) is 36.0. The molecule has 0 saturated carbocycles. The summed E-state index contributed by atoms with van der Waals surface area (Å²) in [5.41, 5.74) is 15.6. The molecule has 10 aromatic rings. The van der Waals surface area contributed by atoms with E-state index in [1.165, 1.54) is 76.8 Å². The van der Waals surface area contributed by atoms with Gasteiger partial charge in [-0.25, -0.2) is 4.98 Å². The van der Waals surface area contributed by atoms with Crippen molar-refractivity contribution in [2.45, 2.75) is 19.3 Å². The van der Waals surface area contributed by atoms with Crippen molar-refractivity contribution < 1.29 is 0 Å². The minimum Gasteiger partial charge on any atom is -0.299 e. The molecule has 1 aliphatic rings. The number of hydrogen-bond acceptors (Lipinski definition) is 1. The Bertz CT molecular complexity index is 3110. The van der Waals surface area contributed by atoms with E-state index < -0.39 is 0 Å². The molecule has 2 nitrogen and oxygen atoms in total. The molecule has 11 rings (SSSR count). The number of fused-ring (bicyclic) bond motifs is 7. The fourth-order valence-electron chi connectivity index (χ4n) is 9.20. The minimum absolute atomic E-state index is 0.118. The van der Waals surface area contributed by atoms with Gasteiger partial charge in [-0.3, -0.25) is 4.40 Å². The SMILES string of the molecule is CC1(C)c2ccccc2-c2cc3c(-c4ccc5ccccc5c4)c4ccccc4c(-c4ccc(-c5c(-c6ccccc6)nc6ccccn56)cc4)c3cc21. The molecule has 2 aromatic heterocycles. The van der Waals surface area contributed by atoms with E-state index in [4.69, 9.17) is 4.98 Å². The summed E-state index contributed by atoms with van der Waals surface area (Å²) >= 11 is 0. The first-order chi connectivity index (χ1) is 26.5. The van der Waals surface area contributed by atoms with E-state index in [9.17, 15) is 0 Å². The molecule has 2 heterocycles. The molecular formula is C52H36N2. The molecule has 0 unspecified atom stereocenters. The van der Waals surface area contributed by atoms with E-state index in [-0.39, 0.29) is 5.41 Å². The van der Waals surface area contributed by atoms with E-state index >= 15 is 0 Å². The van der Waals surface area contributed by atoms with Gasteiger partial charge in [-0.05, 0) is 107 Å². The van der Waals surface area contributed by atoms with Crippen LogP contribution in [0.25, 0.3) is 93.9 Å². The van der Waals surface area contributed by atoms with Crippen molar-refractivity contribution in [1.82, 2.24) is 9.38 Å². The van der Waals surface area contributed by atoms with Crippen molar-refractivity contribution in [2.75, 3.05) is 0 Å². The maximum atomic E-state index is 5.11. The fraction of sp³-hybridized carbons (Fsp3) is 0.0577. The highest BCUT2D eigenvalue weighted by atomic mass is 15.0. The second kappa shape index (κ2) is 11.6. The summed E-state index contributed by atoms with van der Waals surface area (Å²) in [5, 5.41) is 7.59. The highest BCUT2D eigenvalue weighted by Gasteiger charge is 2.36. The number of nitrogens with zero attached hydrogens (tertiary/aromatic N) is 2. The third-order valence-electron chi connectivity index (χ3n) is 11.8. The molecule has 254 valence electrons. The predicted molar refractivity (Wildman–Crippen MR) is 227 cm³/mol. The molecule has 0 amide bonds. The van der Waals surface area contributed by atoms with E-state index in [1.807, 2.05) is 0 Å². The van der Waals surface area contributed by atoms with E-state index in [2.05, 4.69) is 200 Å². The number of hydrogen-bond donors (Lipinski definition) is 0. The van der Waals surface area contributed by atoms with Gasteiger partial charge in [-0.1, -0.05) is 159 Å². The van der Waals surface area contributed by atoms with Gasteiger partial charge >= 0.3 is 0 Å². The Morgan fingerprint density at radius 2 is 1.06 bits per heavy atom.